The molecule has 0 heterocycles. The summed E-state index contributed by atoms with van der Waals surface area (Å²) in [5.74, 6) is 0. The molecule has 112 valence electrons. The number of hydrogen-bond acceptors (Lipinski definition) is 8. The van der Waals surface area contributed by atoms with E-state index in [9.17, 15) is 19.4 Å². The first kappa shape index (κ1) is 18.0. The molecule has 0 saturated carbocycles. The van der Waals surface area contributed by atoms with Gasteiger partial charge in [0.25, 0.3) is 12.9 Å². The molecule has 1 N–H and O–H groups in total. The third-order valence-corrected chi connectivity index (χ3v) is 3.72. The lowest BCUT2D eigenvalue weighted by Gasteiger charge is -2.27. The van der Waals surface area contributed by atoms with Crippen LogP contribution in [-0.2, 0) is 32.7 Å². The maximum absolute atomic E-state index is 12.1. The first-order valence-corrected chi connectivity index (χ1v) is 6.98. The number of nitrogens with one attached hydrogen (secondary N) is 1. The van der Waals surface area contributed by atoms with E-state index in [1.807, 2.05) is 0 Å². The minimum Gasteiger partial charge on any atom is -0.628 e. The fraction of sp³-hybridized carbons (Fsp3) is 0.778. The molecule has 0 bridgehead atoms. The molecule has 0 aromatic heterocycles. The standard InChI is InChI=1S/C9H18NO8P/c1-8(2)18-19(14,10(3)13)17-5-9(16-7-12)4-15-6-11/h6-10H,4-5H2,1-3H3. The molecule has 0 amide bonds. The Morgan fingerprint density at radius 2 is 1.89 bits per heavy atom. The summed E-state index contributed by atoms with van der Waals surface area (Å²) in [7, 11) is -2.87. The molecule has 3 atom stereocenters. The van der Waals surface area contributed by atoms with Crippen molar-refractivity contribution in [2.24, 2.45) is 0 Å². The molecule has 19 heavy (non-hydrogen) atoms. The first-order chi connectivity index (χ1) is 8.85. The van der Waals surface area contributed by atoms with Crippen molar-refractivity contribution in [2.75, 3.05) is 20.3 Å². The molecule has 0 aromatic carbocycles. The number of carbonyl (C=O) groups excluding carboxylic acids is 2. The highest BCUT2D eigenvalue weighted by atomic mass is 31.2. The van der Waals surface area contributed by atoms with Crippen LogP contribution >= 0.6 is 7.75 Å². The Morgan fingerprint density at radius 1 is 1.26 bits per heavy atom. The number of carbonyl (C=O) groups is 2. The Morgan fingerprint density at radius 3 is 2.32 bits per heavy atom. The highest BCUT2D eigenvalue weighted by Crippen LogP contribution is 2.40. The van der Waals surface area contributed by atoms with Crippen molar-refractivity contribution in [3.63, 3.8) is 0 Å². The Kier molecular flexibility index (Phi) is 8.53. The molecule has 9 nitrogen and oxygen atoms in total. The number of ether oxygens (including phenoxy) is 2. The van der Waals surface area contributed by atoms with Crippen LogP contribution in [0, 0.1) is 5.21 Å². The number of rotatable bonds is 11. The van der Waals surface area contributed by atoms with Crippen LogP contribution in [0.25, 0.3) is 0 Å². The van der Waals surface area contributed by atoms with Gasteiger partial charge in [0.15, 0.2) is 6.10 Å². The van der Waals surface area contributed by atoms with Crippen LogP contribution in [0.3, 0.4) is 0 Å². The lowest BCUT2D eigenvalue weighted by Crippen LogP contribution is -2.99. The van der Waals surface area contributed by atoms with Gasteiger partial charge >= 0.3 is 7.75 Å². The van der Waals surface area contributed by atoms with E-state index in [4.69, 9.17) is 9.05 Å². The number of quaternary nitrogens is 1. The summed E-state index contributed by atoms with van der Waals surface area (Å²) in [5.41, 5.74) is 0. The number of hydrogen-bond donors (Lipinski definition) is 1. The van der Waals surface area contributed by atoms with Gasteiger partial charge in [0, 0.05) is 0 Å². The molecule has 0 aromatic rings. The summed E-state index contributed by atoms with van der Waals surface area (Å²) < 4.78 is 30.9. The van der Waals surface area contributed by atoms with Crippen molar-refractivity contribution in [3.05, 3.63) is 5.21 Å². The molecular formula is C9H18NO8P. The summed E-state index contributed by atoms with van der Waals surface area (Å²) in [6.07, 6.45) is -1.45. The van der Waals surface area contributed by atoms with Crippen LogP contribution in [-0.4, -0.2) is 45.4 Å². The molecule has 0 aliphatic rings. The Hall–Kier alpha value is -0.990. The SMILES string of the molecule is CC(C)OP(=O)(OCC(COC=O)OC=O)[NH+](C)[O-]. The van der Waals surface area contributed by atoms with E-state index in [1.54, 1.807) is 13.8 Å². The second-order valence-electron chi connectivity index (χ2n) is 3.75. The Balaban J connectivity index is 4.53. The van der Waals surface area contributed by atoms with Gasteiger partial charge in [-0.25, -0.2) is 4.57 Å². The van der Waals surface area contributed by atoms with Gasteiger partial charge < -0.3 is 14.7 Å². The van der Waals surface area contributed by atoms with E-state index in [-0.39, 0.29) is 19.6 Å². The average molecular weight is 299 g/mol. The number of hydroxylamine groups is 1. The fourth-order valence-corrected chi connectivity index (χ4v) is 2.31. The molecule has 0 saturated heterocycles. The van der Waals surface area contributed by atoms with Crippen LogP contribution in [0.2, 0.25) is 0 Å². The highest BCUT2D eigenvalue weighted by molar-refractivity contribution is 7.46. The normalized spacial score (nSPS) is 17.3. The van der Waals surface area contributed by atoms with Gasteiger partial charge in [0.1, 0.15) is 13.2 Å². The fourth-order valence-electron chi connectivity index (χ4n) is 1.01. The largest absolute Gasteiger partial charge is 0.628 e. The summed E-state index contributed by atoms with van der Waals surface area (Å²) >= 11 is 0. The first-order valence-electron chi connectivity index (χ1n) is 5.44. The van der Waals surface area contributed by atoms with E-state index in [2.05, 4.69) is 9.47 Å². The zero-order chi connectivity index (χ0) is 14.9. The Labute approximate surface area is 110 Å². The summed E-state index contributed by atoms with van der Waals surface area (Å²) in [6, 6.07) is 0. The van der Waals surface area contributed by atoms with Crippen LogP contribution in [0.15, 0.2) is 0 Å². The van der Waals surface area contributed by atoms with Gasteiger partial charge in [0.05, 0.1) is 13.2 Å². The average Bonchev–Trinajstić information content (AvgIpc) is 2.31. The monoisotopic (exact) mass is 299 g/mol. The van der Waals surface area contributed by atoms with Gasteiger partial charge in [0.2, 0.25) is 0 Å². The quantitative estimate of drug-likeness (QED) is 0.301. The zero-order valence-electron chi connectivity index (χ0n) is 10.9. The van der Waals surface area contributed by atoms with Crippen LogP contribution in [0.5, 0.6) is 0 Å². The highest BCUT2D eigenvalue weighted by Gasteiger charge is 2.34. The van der Waals surface area contributed by atoms with Crippen molar-refractivity contribution >= 4 is 20.7 Å². The van der Waals surface area contributed by atoms with Crippen LogP contribution < -0.4 is 4.83 Å². The minimum absolute atomic E-state index is 0.129. The smallest absolute Gasteiger partial charge is 0.530 e. The van der Waals surface area contributed by atoms with Gasteiger partial charge in [-0.15, -0.1) is 0 Å². The van der Waals surface area contributed by atoms with Crippen molar-refractivity contribution in [3.8, 4) is 0 Å². The second-order valence-corrected chi connectivity index (χ2v) is 5.84. The van der Waals surface area contributed by atoms with E-state index in [0.717, 1.165) is 7.05 Å². The molecule has 10 heteroatoms. The van der Waals surface area contributed by atoms with Crippen molar-refractivity contribution in [1.82, 2.24) is 0 Å². The lowest BCUT2D eigenvalue weighted by atomic mass is 10.4. The van der Waals surface area contributed by atoms with E-state index < -0.39 is 31.4 Å². The third-order valence-electron chi connectivity index (χ3n) is 1.76. The molecule has 0 radical (unpaired) electrons. The van der Waals surface area contributed by atoms with Gasteiger partial charge in [-0.05, 0) is 13.8 Å². The summed E-state index contributed by atoms with van der Waals surface area (Å²) in [5, 5.41) is 11.3. The molecule has 3 unspecified atom stereocenters. The van der Waals surface area contributed by atoms with Crippen molar-refractivity contribution in [1.29, 1.82) is 0 Å². The predicted octanol–water partition coefficient (Wildman–Crippen LogP) is -0.737. The molecule has 0 aliphatic carbocycles. The second kappa shape index (κ2) is 9.00. The summed E-state index contributed by atoms with van der Waals surface area (Å²) in [6.45, 7) is 2.81. The van der Waals surface area contributed by atoms with Gasteiger partial charge in [-0.3, -0.25) is 23.5 Å². The van der Waals surface area contributed by atoms with E-state index in [1.165, 1.54) is 0 Å². The van der Waals surface area contributed by atoms with Gasteiger partial charge in [-0.1, -0.05) is 0 Å². The van der Waals surface area contributed by atoms with Crippen molar-refractivity contribution in [2.45, 2.75) is 26.1 Å². The molecule has 0 rings (SSSR count). The molecule has 0 spiro atoms. The maximum atomic E-state index is 12.1. The van der Waals surface area contributed by atoms with Crippen molar-refractivity contribution < 1.29 is 37.5 Å². The minimum atomic E-state index is -3.94. The Bertz CT molecular complexity index is 321. The topological polar surface area (TPSA) is 116 Å². The van der Waals surface area contributed by atoms with E-state index in [0.29, 0.717) is 0 Å². The lowest BCUT2D eigenvalue weighted by molar-refractivity contribution is -0.704. The molecular weight excluding hydrogens is 281 g/mol. The third kappa shape index (κ3) is 7.24. The molecule has 0 fully saturated rings. The van der Waals surface area contributed by atoms with E-state index >= 15 is 0 Å². The van der Waals surface area contributed by atoms with Crippen LogP contribution in [0.1, 0.15) is 13.8 Å². The molecule has 0 aliphatic heterocycles. The zero-order valence-corrected chi connectivity index (χ0v) is 11.8. The van der Waals surface area contributed by atoms with Crippen LogP contribution in [0.4, 0.5) is 0 Å². The summed E-state index contributed by atoms with van der Waals surface area (Å²) in [4.78, 5) is 19.5. The predicted molar refractivity (Wildman–Crippen MR) is 63.0 cm³/mol. The maximum Gasteiger partial charge on any atom is 0.530 e. The van der Waals surface area contributed by atoms with Gasteiger partial charge in [-0.2, -0.15) is 0 Å².